The number of rotatable bonds is 5. The van der Waals surface area contributed by atoms with Gasteiger partial charge in [0, 0.05) is 5.69 Å². The molecule has 2 atom stereocenters. The molecule has 0 radical (unpaired) electrons. The van der Waals surface area contributed by atoms with Crippen LogP contribution in [0.25, 0.3) is 0 Å². The van der Waals surface area contributed by atoms with Gasteiger partial charge in [-0.05, 0) is 49.4 Å². The molecule has 0 spiro atoms. The Labute approximate surface area is 202 Å². The van der Waals surface area contributed by atoms with Crippen molar-refractivity contribution in [2.45, 2.75) is 19.1 Å². The number of carbonyl (C=O) groups excluding carboxylic acids is 4. The Morgan fingerprint density at radius 2 is 1.78 bits per heavy atom. The average Bonchev–Trinajstić information content (AvgIpc) is 3.36. The number of halogens is 3. The number of hydrogen-bond acceptors (Lipinski definition) is 7. The van der Waals surface area contributed by atoms with Gasteiger partial charge in [0.25, 0.3) is 5.91 Å². The van der Waals surface area contributed by atoms with Gasteiger partial charge in [-0.15, -0.1) is 0 Å². The van der Waals surface area contributed by atoms with E-state index in [9.17, 15) is 32.3 Å². The van der Waals surface area contributed by atoms with Gasteiger partial charge >= 0.3 is 18.2 Å². The molecule has 2 aliphatic heterocycles. The number of hydrogen-bond donors (Lipinski definition) is 1. The molecule has 188 valence electrons. The van der Waals surface area contributed by atoms with Crippen molar-refractivity contribution in [1.29, 1.82) is 0 Å². The standard InChI is InChI=1S/C23H19F3N4O6/c1-3-36-21(33)17-16-18(30(28-17)22(34)27-13-7-9-15(35-2)10-8-13)20(32)29(19(16)31)14-6-4-5-12(11-14)23(24,25)26/h4-11,16,18H,3H2,1-2H3,(H,27,34)/t16-,18-/m1/s1. The van der Waals surface area contributed by atoms with E-state index in [-0.39, 0.29) is 12.3 Å². The van der Waals surface area contributed by atoms with Crippen LogP contribution in [-0.2, 0) is 25.3 Å². The van der Waals surface area contributed by atoms with E-state index in [1.807, 2.05) is 0 Å². The van der Waals surface area contributed by atoms with Gasteiger partial charge < -0.3 is 14.8 Å². The number of benzene rings is 2. The lowest BCUT2D eigenvalue weighted by atomic mass is 9.98. The van der Waals surface area contributed by atoms with Gasteiger partial charge in [0.15, 0.2) is 11.8 Å². The summed E-state index contributed by atoms with van der Waals surface area (Å²) in [5, 5.41) is 7.03. The molecule has 0 saturated carbocycles. The number of carbonyl (C=O) groups is 4. The summed E-state index contributed by atoms with van der Waals surface area (Å²) in [5.41, 5.74) is -1.64. The summed E-state index contributed by atoms with van der Waals surface area (Å²) in [7, 11) is 1.46. The second-order valence-electron chi connectivity index (χ2n) is 7.69. The van der Waals surface area contributed by atoms with E-state index in [4.69, 9.17) is 9.47 Å². The van der Waals surface area contributed by atoms with Crippen molar-refractivity contribution in [3.05, 3.63) is 54.1 Å². The Balaban J connectivity index is 1.69. The minimum atomic E-state index is -4.72. The van der Waals surface area contributed by atoms with Gasteiger partial charge in [-0.1, -0.05) is 6.07 Å². The second-order valence-corrected chi connectivity index (χ2v) is 7.69. The van der Waals surface area contributed by atoms with Crippen molar-refractivity contribution in [2.75, 3.05) is 23.9 Å². The van der Waals surface area contributed by atoms with Crippen molar-refractivity contribution < 1.29 is 41.8 Å². The first-order valence-electron chi connectivity index (χ1n) is 10.6. The Morgan fingerprint density at radius 1 is 1.08 bits per heavy atom. The van der Waals surface area contributed by atoms with Crippen LogP contribution < -0.4 is 15.0 Å². The van der Waals surface area contributed by atoms with Gasteiger partial charge in [-0.25, -0.2) is 19.5 Å². The largest absolute Gasteiger partial charge is 0.497 e. The normalized spacial score (nSPS) is 19.2. The van der Waals surface area contributed by atoms with Crippen molar-refractivity contribution >= 4 is 40.9 Å². The van der Waals surface area contributed by atoms with Crippen LogP contribution >= 0.6 is 0 Å². The van der Waals surface area contributed by atoms with E-state index < -0.39 is 53.2 Å². The van der Waals surface area contributed by atoms with Crippen LogP contribution in [0.5, 0.6) is 5.75 Å². The highest BCUT2D eigenvalue weighted by Gasteiger charge is 2.60. The third-order valence-corrected chi connectivity index (χ3v) is 5.51. The molecule has 1 fully saturated rings. The summed E-state index contributed by atoms with van der Waals surface area (Å²) in [6.45, 7) is 1.43. The van der Waals surface area contributed by atoms with E-state index in [2.05, 4.69) is 10.4 Å². The van der Waals surface area contributed by atoms with E-state index >= 15 is 0 Å². The molecule has 0 aliphatic carbocycles. The minimum absolute atomic E-state index is 0.0766. The summed E-state index contributed by atoms with van der Waals surface area (Å²) < 4.78 is 49.6. The average molecular weight is 504 g/mol. The number of urea groups is 1. The van der Waals surface area contributed by atoms with Crippen LogP contribution in [0.2, 0.25) is 0 Å². The van der Waals surface area contributed by atoms with E-state index in [1.165, 1.54) is 26.2 Å². The first-order valence-corrected chi connectivity index (χ1v) is 10.6. The highest BCUT2D eigenvalue weighted by molar-refractivity contribution is 6.47. The Kier molecular flexibility index (Phi) is 6.39. The molecule has 1 N–H and O–H groups in total. The van der Waals surface area contributed by atoms with Crippen LogP contribution in [0.4, 0.5) is 29.3 Å². The van der Waals surface area contributed by atoms with E-state index in [0.29, 0.717) is 27.4 Å². The van der Waals surface area contributed by atoms with Gasteiger partial charge in [0.05, 0.1) is 25.0 Å². The van der Waals surface area contributed by atoms with E-state index in [0.717, 1.165) is 18.2 Å². The fraction of sp³-hybridized carbons (Fsp3) is 0.261. The van der Waals surface area contributed by atoms with Crippen LogP contribution in [0.15, 0.2) is 53.6 Å². The van der Waals surface area contributed by atoms with Crippen LogP contribution in [0.3, 0.4) is 0 Å². The molecule has 2 aromatic rings. The number of anilines is 2. The van der Waals surface area contributed by atoms with Gasteiger partial charge in [0.2, 0.25) is 5.91 Å². The smallest absolute Gasteiger partial charge is 0.416 e. The Morgan fingerprint density at radius 3 is 2.39 bits per heavy atom. The molecule has 0 aromatic heterocycles. The number of amides is 4. The topological polar surface area (TPSA) is 118 Å². The maximum atomic E-state index is 13.3. The molecule has 0 bridgehead atoms. The fourth-order valence-electron chi connectivity index (χ4n) is 3.89. The minimum Gasteiger partial charge on any atom is -0.497 e. The molecule has 2 aromatic carbocycles. The van der Waals surface area contributed by atoms with Crippen molar-refractivity contribution in [3.63, 3.8) is 0 Å². The van der Waals surface area contributed by atoms with Crippen LogP contribution in [-0.4, -0.2) is 54.3 Å². The molecule has 4 amide bonds. The number of imide groups is 1. The maximum absolute atomic E-state index is 13.3. The summed E-state index contributed by atoms with van der Waals surface area (Å²) in [6.07, 6.45) is -4.72. The highest BCUT2D eigenvalue weighted by atomic mass is 19.4. The molecule has 4 rings (SSSR count). The number of methoxy groups -OCH3 is 1. The zero-order valence-electron chi connectivity index (χ0n) is 18.9. The predicted octanol–water partition coefficient (Wildman–Crippen LogP) is 3.04. The zero-order chi connectivity index (χ0) is 26.2. The maximum Gasteiger partial charge on any atom is 0.416 e. The number of hydrazone groups is 1. The molecule has 36 heavy (non-hydrogen) atoms. The summed E-state index contributed by atoms with van der Waals surface area (Å²) in [5.74, 6) is -4.08. The molecule has 10 nitrogen and oxygen atoms in total. The number of nitrogens with one attached hydrogen (secondary N) is 1. The number of fused-ring (bicyclic) bond motifs is 1. The van der Waals surface area contributed by atoms with Gasteiger partial charge in [-0.3, -0.25) is 9.59 Å². The van der Waals surface area contributed by atoms with Crippen molar-refractivity contribution in [1.82, 2.24) is 5.01 Å². The van der Waals surface area contributed by atoms with Gasteiger partial charge in [-0.2, -0.15) is 18.3 Å². The number of ether oxygens (including phenoxy) is 2. The zero-order valence-corrected chi connectivity index (χ0v) is 18.9. The SMILES string of the molecule is CCOC(=O)C1=NN(C(=O)Nc2ccc(OC)cc2)[C@H]2C(=O)N(c3cccc(C(F)(F)F)c3)C(=O)[C@H]12. The molecular weight excluding hydrogens is 485 g/mol. The van der Waals surface area contributed by atoms with Crippen molar-refractivity contribution in [3.8, 4) is 5.75 Å². The molecule has 1 saturated heterocycles. The first kappa shape index (κ1) is 24.7. The van der Waals surface area contributed by atoms with E-state index in [1.54, 1.807) is 12.1 Å². The summed E-state index contributed by atoms with van der Waals surface area (Å²) >= 11 is 0. The monoisotopic (exact) mass is 504 g/mol. The summed E-state index contributed by atoms with van der Waals surface area (Å²) in [4.78, 5) is 52.6. The molecule has 13 heteroatoms. The lowest BCUT2D eigenvalue weighted by molar-refractivity contribution is -0.137. The van der Waals surface area contributed by atoms with Crippen molar-refractivity contribution in [2.24, 2.45) is 11.0 Å². The van der Waals surface area contributed by atoms with Crippen LogP contribution in [0.1, 0.15) is 12.5 Å². The lowest BCUT2D eigenvalue weighted by Crippen LogP contribution is -2.44. The quantitative estimate of drug-likeness (QED) is 0.494. The molecule has 2 heterocycles. The molecule has 2 aliphatic rings. The Bertz CT molecular complexity index is 1260. The number of esters is 1. The number of nitrogens with zero attached hydrogens (tertiary/aromatic N) is 3. The molecule has 0 unspecified atom stereocenters. The second kappa shape index (κ2) is 9.32. The Hall–Kier alpha value is -4.42. The predicted molar refractivity (Wildman–Crippen MR) is 119 cm³/mol. The van der Waals surface area contributed by atoms with Gasteiger partial charge in [0.1, 0.15) is 11.7 Å². The summed E-state index contributed by atoms with van der Waals surface area (Å²) in [6, 6.07) is 7.23. The third-order valence-electron chi connectivity index (χ3n) is 5.51. The van der Waals surface area contributed by atoms with Crippen LogP contribution in [0, 0.1) is 5.92 Å². The fourth-order valence-corrected chi connectivity index (χ4v) is 3.89. The first-order chi connectivity index (χ1) is 17.1. The number of alkyl halides is 3. The molecular formula is C23H19F3N4O6. The third kappa shape index (κ3) is 4.34. The lowest BCUT2D eigenvalue weighted by Gasteiger charge is -2.21. The highest BCUT2D eigenvalue weighted by Crippen LogP contribution is 2.38.